The zero-order valence-corrected chi connectivity index (χ0v) is 9.62. The van der Waals surface area contributed by atoms with Crippen molar-refractivity contribution in [2.75, 3.05) is 34.5 Å². The van der Waals surface area contributed by atoms with Crippen molar-refractivity contribution in [3.8, 4) is 0 Å². The van der Waals surface area contributed by atoms with E-state index in [0.29, 0.717) is 13.3 Å². The van der Waals surface area contributed by atoms with Crippen LogP contribution in [0.4, 0.5) is 9.59 Å². The number of carbonyl (C=O) groups is 2. The fourth-order valence-electron chi connectivity index (χ4n) is 2.86. The Hall–Kier alpha value is -1.50. The van der Waals surface area contributed by atoms with Gasteiger partial charge in [0.2, 0.25) is 0 Å². The monoisotopic (exact) mass is 225 g/mol. The van der Waals surface area contributed by atoms with E-state index in [0.717, 1.165) is 0 Å². The minimum absolute atomic E-state index is 0.00843. The molecule has 88 valence electrons. The van der Waals surface area contributed by atoms with E-state index in [1.807, 2.05) is 11.9 Å². The second-order valence-corrected chi connectivity index (χ2v) is 4.69. The highest BCUT2D eigenvalue weighted by molar-refractivity contribution is 5.85. The van der Waals surface area contributed by atoms with Gasteiger partial charge in [0, 0.05) is 14.1 Å². The quantitative estimate of drug-likeness (QED) is 0.544. The van der Waals surface area contributed by atoms with E-state index in [1.165, 1.54) is 0 Å². The molecule has 3 rings (SSSR count). The molecule has 3 aliphatic rings. The van der Waals surface area contributed by atoms with E-state index in [4.69, 9.17) is 0 Å². The van der Waals surface area contributed by atoms with Gasteiger partial charge >= 0.3 is 12.1 Å². The largest absolute Gasteiger partial charge is 0.324 e. The molecule has 3 fully saturated rings. The maximum atomic E-state index is 12.0. The summed E-state index contributed by atoms with van der Waals surface area (Å²) in [5, 5.41) is 0. The number of carbonyl (C=O) groups excluding carboxylic acids is 2. The molecule has 0 aromatic carbocycles. The van der Waals surface area contributed by atoms with Crippen LogP contribution in [0, 0.1) is 0 Å². The van der Waals surface area contributed by atoms with Crippen molar-refractivity contribution in [2.45, 2.75) is 12.3 Å². The molecule has 0 bridgehead atoms. The minimum atomic E-state index is -0.145. The van der Waals surface area contributed by atoms with Gasteiger partial charge in [-0.15, -0.1) is 0 Å². The molecular formula is C9H15N5O2. The van der Waals surface area contributed by atoms with Crippen LogP contribution in [0.1, 0.15) is 0 Å². The highest BCUT2D eigenvalue weighted by Gasteiger charge is 2.58. The Morgan fingerprint density at radius 1 is 0.875 bits per heavy atom. The Morgan fingerprint density at radius 3 is 1.75 bits per heavy atom. The van der Waals surface area contributed by atoms with Crippen LogP contribution >= 0.6 is 0 Å². The van der Waals surface area contributed by atoms with E-state index in [9.17, 15) is 9.59 Å². The summed E-state index contributed by atoms with van der Waals surface area (Å²) in [5.74, 6) is 0. The third kappa shape index (κ3) is 0.915. The van der Waals surface area contributed by atoms with Crippen molar-refractivity contribution in [1.82, 2.24) is 24.5 Å². The molecule has 16 heavy (non-hydrogen) atoms. The van der Waals surface area contributed by atoms with E-state index in [1.54, 1.807) is 33.7 Å². The summed E-state index contributed by atoms with van der Waals surface area (Å²) in [5.41, 5.74) is 0. The number of amides is 4. The zero-order chi connectivity index (χ0) is 11.6. The van der Waals surface area contributed by atoms with Crippen molar-refractivity contribution in [2.24, 2.45) is 0 Å². The molecule has 3 heterocycles. The molecule has 7 nitrogen and oxygen atoms in total. The molecule has 0 spiro atoms. The lowest BCUT2D eigenvalue weighted by Crippen LogP contribution is -2.58. The van der Waals surface area contributed by atoms with Crippen molar-refractivity contribution >= 4 is 12.1 Å². The molecule has 3 saturated heterocycles. The fraction of sp³-hybridized carbons (Fsp3) is 0.778. The van der Waals surface area contributed by atoms with Crippen LogP contribution in [-0.4, -0.2) is 83.4 Å². The highest BCUT2D eigenvalue weighted by Crippen LogP contribution is 2.35. The van der Waals surface area contributed by atoms with Crippen molar-refractivity contribution in [3.63, 3.8) is 0 Å². The molecule has 7 heteroatoms. The first-order valence-corrected chi connectivity index (χ1v) is 5.28. The van der Waals surface area contributed by atoms with Gasteiger partial charge in [-0.3, -0.25) is 14.7 Å². The molecule has 0 aromatic heterocycles. The lowest BCUT2D eigenvalue weighted by Gasteiger charge is -2.39. The van der Waals surface area contributed by atoms with Gasteiger partial charge in [-0.05, 0) is 7.05 Å². The van der Waals surface area contributed by atoms with E-state index in [-0.39, 0.29) is 24.4 Å². The van der Waals surface area contributed by atoms with Gasteiger partial charge in [0.1, 0.15) is 6.17 Å². The first-order chi connectivity index (χ1) is 7.52. The molecule has 0 aliphatic carbocycles. The first-order valence-electron chi connectivity index (χ1n) is 5.28. The Labute approximate surface area is 93.8 Å². The van der Waals surface area contributed by atoms with Crippen LogP contribution in [0.25, 0.3) is 0 Å². The minimum Gasteiger partial charge on any atom is -0.303 e. The predicted molar refractivity (Wildman–Crippen MR) is 55.1 cm³/mol. The van der Waals surface area contributed by atoms with Crippen molar-refractivity contribution in [3.05, 3.63) is 0 Å². The zero-order valence-electron chi connectivity index (χ0n) is 9.62. The Kier molecular flexibility index (Phi) is 1.69. The van der Waals surface area contributed by atoms with Crippen LogP contribution in [-0.2, 0) is 0 Å². The second kappa shape index (κ2) is 2.79. The number of likely N-dealkylation sites (N-methyl/N-ethyl adjacent to an activating group) is 2. The van der Waals surface area contributed by atoms with Crippen LogP contribution < -0.4 is 0 Å². The number of hydrogen-bond acceptors (Lipinski definition) is 3. The molecule has 4 amide bonds. The molecule has 0 N–H and O–H groups in total. The summed E-state index contributed by atoms with van der Waals surface area (Å²) >= 11 is 0. The van der Waals surface area contributed by atoms with Gasteiger partial charge in [-0.2, -0.15) is 0 Å². The van der Waals surface area contributed by atoms with Crippen LogP contribution in [0.3, 0.4) is 0 Å². The number of rotatable bonds is 0. The van der Waals surface area contributed by atoms with E-state index >= 15 is 0 Å². The average Bonchev–Trinajstić information content (AvgIpc) is 2.63. The maximum absolute atomic E-state index is 12.0. The van der Waals surface area contributed by atoms with Crippen LogP contribution in [0.5, 0.6) is 0 Å². The summed E-state index contributed by atoms with van der Waals surface area (Å²) in [7, 11) is 5.40. The maximum Gasteiger partial charge on any atom is 0.324 e. The first kappa shape index (κ1) is 9.71. The Balaban J connectivity index is 2.04. The predicted octanol–water partition coefficient (Wildman–Crippen LogP) is -0.766. The normalized spacial score (nSPS) is 34.2. The number of hydrogen-bond donors (Lipinski definition) is 0. The van der Waals surface area contributed by atoms with Crippen molar-refractivity contribution in [1.29, 1.82) is 0 Å². The summed E-state index contributed by atoms with van der Waals surface area (Å²) in [6.07, 6.45) is -0.264. The molecule has 0 atom stereocenters. The Morgan fingerprint density at radius 2 is 1.31 bits per heavy atom. The number of nitrogens with zero attached hydrogens (tertiary/aromatic N) is 5. The molecule has 0 unspecified atom stereocenters. The van der Waals surface area contributed by atoms with E-state index in [2.05, 4.69) is 0 Å². The molecule has 3 aliphatic heterocycles. The summed E-state index contributed by atoms with van der Waals surface area (Å²) in [6, 6.07) is -0.0169. The standard InChI is InChI=1S/C9H15N5O2/c1-10-4-13-7-6(11(2)8(13)15)12(3)9(16)14(7)5-10/h6-7H,4-5H2,1-3H3. The van der Waals surface area contributed by atoms with Gasteiger partial charge in [0.05, 0.1) is 13.3 Å². The van der Waals surface area contributed by atoms with Gasteiger partial charge in [0.15, 0.2) is 6.17 Å². The highest BCUT2D eigenvalue weighted by atomic mass is 16.2. The second-order valence-electron chi connectivity index (χ2n) is 4.69. The lowest BCUT2D eigenvalue weighted by molar-refractivity contribution is 0.00295. The third-order valence-electron chi connectivity index (χ3n) is 3.58. The Bertz CT molecular complexity index is 341. The number of urea groups is 2. The van der Waals surface area contributed by atoms with Gasteiger partial charge in [-0.25, -0.2) is 9.59 Å². The van der Waals surface area contributed by atoms with Crippen molar-refractivity contribution < 1.29 is 9.59 Å². The van der Waals surface area contributed by atoms with Gasteiger partial charge < -0.3 is 9.80 Å². The molecule has 0 saturated carbocycles. The SMILES string of the molecule is CN1CN2C(=O)N(C)C3C2N(C1)C(=O)N3C. The van der Waals surface area contributed by atoms with Crippen LogP contribution in [0.2, 0.25) is 0 Å². The third-order valence-corrected chi connectivity index (χ3v) is 3.58. The molecular weight excluding hydrogens is 210 g/mol. The summed E-state index contributed by atoms with van der Waals surface area (Å²) < 4.78 is 0. The summed E-state index contributed by atoms with van der Waals surface area (Å²) in [6.45, 7) is 1.17. The molecule has 0 radical (unpaired) electrons. The topological polar surface area (TPSA) is 50.3 Å². The fourth-order valence-corrected chi connectivity index (χ4v) is 2.86. The lowest BCUT2D eigenvalue weighted by atomic mass is 10.3. The van der Waals surface area contributed by atoms with Crippen LogP contribution in [0.15, 0.2) is 0 Å². The van der Waals surface area contributed by atoms with E-state index < -0.39 is 0 Å². The smallest absolute Gasteiger partial charge is 0.303 e. The summed E-state index contributed by atoms with van der Waals surface area (Å²) in [4.78, 5) is 32.7. The van der Waals surface area contributed by atoms with Gasteiger partial charge in [0.25, 0.3) is 0 Å². The van der Waals surface area contributed by atoms with Gasteiger partial charge in [-0.1, -0.05) is 0 Å². The average molecular weight is 225 g/mol. The molecule has 0 aromatic rings.